The van der Waals surface area contributed by atoms with E-state index in [9.17, 15) is 9.59 Å². The van der Waals surface area contributed by atoms with Gasteiger partial charge in [-0.25, -0.2) is 0 Å². The number of rotatable bonds is 6. The van der Waals surface area contributed by atoms with E-state index in [0.29, 0.717) is 28.1 Å². The van der Waals surface area contributed by atoms with Gasteiger partial charge in [-0.1, -0.05) is 84.1 Å². The van der Waals surface area contributed by atoms with E-state index < -0.39 is 0 Å². The van der Waals surface area contributed by atoms with Crippen molar-refractivity contribution in [2.24, 2.45) is 5.92 Å². The molecule has 32 heavy (non-hydrogen) atoms. The van der Waals surface area contributed by atoms with Crippen LogP contribution < -0.4 is 0 Å². The van der Waals surface area contributed by atoms with Gasteiger partial charge in [0.1, 0.15) is 4.32 Å². The fourth-order valence-corrected chi connectivity index (χ4v) is 5.51. The van der Waals surface area contributed by atoms with Crippen LogP contribution in [0.2, 0.25) is 0 Å². The molecule has 0 saturated carbocycles. The highest BCUT2D eigenvalue weighted by atomic mass is 32.2. The summed E-state index contributed by atoms with van der Waals surface area (Å²) in [5.74, 6) is 0.634. The molecule has 4 rings (SSSR count). The van der Waals surface area contributed by atoms with Gasteiger partial charge in [0.05, 0.1) is 4.91 Å². The van der Waals surface area contributed by atoms with Crippen LogP contribution in [0.15, 0.2) is 59.5 Å². The van der Waals surface area contributed by atoms with E-state index >= 15 is 0 Å². The molecular weight excluding hydrogens is 436 g/mol. The molecule has 2 aromatic rings. The Morgan fingerprint density at radius 1 is 1.09 bits per heavy atom. The smallest absolute Gasteiger partial charge is 0.266 e. The molecule has 2 aliphatic heterocycles. The molecule has 2 aliphatic rings. The topological polar surface area (TPSA) is 40.6 Å². The molecule has 0 aliphatic carbocycles. The van der Waals surface area contributed by atoms with Gasteiger partial charge in [0.25, 0.3) is 5.91 Å². The van der Waals surface area contributed by atoms with Gasteiger partial charge < -0.3 is 4.90 Å². The Kier molecular flexibility index (Phi) is 7.43. The van der Waals surface area contributed by atoms with E-state index in [2.05, 4.69) is 24.3 Å². The third-order valence-corrected chi connectivity index (χ3v) is 7.51. The molecule has 0 N–H and O–H groups in total. The van der Waals surface area contributed by atoms with Crippen molar-refractivity contribution in [3.8, 4) is 0 Å². The third kappa shape index (κ3) is 5.67. The molecule has 6 heteroatoms. The molecule has 0 bridgehead atoms. The van der Waals surface area contributed by atoms with E-state index in [1.807, 2.05) is 48.2 Å². The highest BCUT2D eigenvalue weighted by molar-refractivity contribution is 8.26. The summed E-state index contributed by atoms with van der Waals surface area (Å²) in [4.78, 5) is 29.7. The molecule has 2 heterocycles. The number of benzene rings is 2. The maximum absolute atomic E-state index is 12.8. The van der Waals surface area contributed by atoms with Crippen molar-refractivity contribution in [2.75, 3.05) is 19.6 Å². The number of nitrogens with zero attached hydrogens (tertiary/aromatic N) is 2. The summed E-state index contributed by atoms with van der Waals surface area (Å²) >= 11 is 6.73. The molecule has 2 saturated heterocycles. The molecule has 2 fully saturated rings. The van der Waals surface area contributed by atoms with Crippen LogP contribution in [0.25, 0.3) is 6.08 Å². The van der Waals surface area contributed by atoms with E-state index in [1.54, 1.807) is 4.90 Å². The lowest BCUT2D eigenvalue weighted by molar-refractivity contribution is -0.133. The van der Waals surface area contributed by atoms with Gasteiger partial charge in [0, 0.05) is 26.1 Å². The van der Waals surface area contributed by atoms with E-state index in [0.717, 1.165) is 37.9 Å². The normalized spacial score (nSPS) is 18.6. The number of hydrogen-bond donors (Lipinski definition) is 0. The van der Waals surface area contributed by atoms with E-state index in [1.165, 1.54) is 22.9 Å². The van der Waals surface area contributed by atoms with E-state index in [-0.39, 0.29) is 11.8 Å². The fourth-order valence-electron chi connectivity index (χ4n) is 4.21. The molecule has 0 unspecified atom stereocenters. The quantitative estimate of drug-likeness (QED) is 0.442. The summed E-state index contributed by atoms with van der Waals surface area (Å²) in [5, 5.41) is 0. The fraction of sp³-hybridized carbons (Fsp3) is 0.346. The Bertz CT molecular complexity index is 1010. The Morgan fingerprint density at radius 2 is 1.78 bits per heavy atom. The van der Waals surface area contributed by atoms with Gasteiger partial charge in [-0.05, 0) is 49.3 Å². The van der Waals surface area contributed by atoms with Gasteiger partial charge in [-0.2, -0.15) is 0 Å². The van der Waals surface area contributed by atoms with Gasteiger partial charge >= 0.3 is 0 Å². The van der Waals surface area contributed by atoms with Crippen LogP contribution in [0.1, 0.15) is 36.0 Å². The minimum Gasteiger partial charge on any atom is -0.343 e. The van der Waals surface area contributed by atoms with Crippen molar-refractivity contribution in [3.05, 3.63) is 76.2 Å². The molecule has 2 aromatic carbocycles. The Labute approximate surface area is 199 Å². The Balaban J connectivity index is 1.26. The number of carbonyl (C=O) groups excluding carboxylic acids is 2. The summed E-state index contributed by atoms with van der Waals surface area (Å²) in [6.07, 6.45) is 5.32. The molecule has 166 valence electrons. The van der Waals surface area contributed by atoms with Crippen molar-refractivity contribution in [3.63, 3.8) is 0 Å². The minimum absolute atomic E-state index is 0.102. The number of amides is 2. The highest BCUT2D eigenvalue weighted by Gasteiger charge is 2.33. The zero-order valence-electron chi connectivity index (χ0n) is 18.3. The predicted octanol–water partition coefficient (Wildman–Crippen LogP) is 5.07. The second-order valence-electron chi connectivity index (χ2n) is 8.51. The van der Waals surface area contributed by atoms with Crippen LogP contribution in [-0.4, -0.2) is 45.6 Å². The van der Waals surface area contributed by atoms with Gasteiger partial charge in [0.15, 0.2) is 0 Å². The van der Waals surface area contributed by atoms with Crippen LogP contribution >= 0.6 is 24.0 Å². The molecule has 0 atom stereocenters. The van der Waals surface area contributed by atoms with Gasteiger partial charge in [0.2, 0.25) is 5.91 Å². The average molecular weight is 465 g/mol. The zero-order chi connectivity index (χ0) is 22.5. The van der Waals surface area contributed by atoms with Crippen LogP contribution in [0, 0.1) is 12.8 Å². The SMILES string of the molecule is Cc1ccc(C=C2SC(=S)N(CCC(=O)N3CCC(Cc4ccccc4)CC3)C2=O)cc1. The average Bonchev–Trinajstić information content (AvgIpc) is 3.07. The number of thiocarbonyl (C=S) groups is 1. The maximum atomic E-state index is 12.8. The molecule has 2 amide bonds. The molecule has 0 radical (unpaired) electrons. The van der Waals surface area contributed by atoms with Crippen molar-refractivity contribution < 1.29 is 9.59 Å². The lowest BCUT2D eigenvalue weighted by Gasteiger charge is -2.32. The van der Waals surface area contributed by atoms with Crippen molar-refractivity contribution in [1.29, 1.82) is 0 Å². The van der Waals surface area contributed by atoms with Crippen molar-refractivity contribution >= 4 is 46.2 Å². The number of aryl methyl sites for hydroxylation is 1. The molecule has 0 spiro atoms. The lowest BCUT2D eigenvalue weighted by atomic mass is 9.90. The first kappa shape index (κ1) is 22.7. The highest BCUT2D eigenvalue weighted by Crippen LogP contribution is 2.33. The standard InChI is InChI=1S/C26H28N2O2S2/c1-19-7-9-21(10-8-19)18-23-25(30)28(26(31)32-23)16-13-24(29)27-14-11-22(12-15-27)17-20-5-3-2-4-6-20/h2-10,18,22H,11-17H2,1H3. The Hall–Kier alpha value is -2.44. The number of piperidine rings is 1. The lowest BCUT2D eigenvalue weighted by Crippen LogP contribution is -2.41. The summed E-state index contributed by atoms with van der Waals surface area (Å²) in [6, 6.07) is 18.6. The monoisotopic (exact) mass is 464 g/mol. The van der Waals surface area contributed by atoms with E-state index in [4.69, 9.17) is 12.2 Å². The summed E-state index contributed by atoms with van der Waals surface area (Å²) in [7, 11) is 0. The van der Waals surface area contributed by atoms with Crippen molar-refractivity contribution in [2.45, 2.75) is 32.6 Å². The van der Waals surface area contributed by atoms with Crippen LogP contribution in [0.4, 0.5) is 0 Å². The van der Waals surface area contributed by atoms with Gasteiger partial charge in [-0.15, -0.1) is 0 Å². The number of carbonyl (C=O) groups is 2. The summed E-state index contributed by atoms with van der Waals surface area (Å²) < 4.78 is 0.530. The third-order valence-electron chi connectivity index (χ3n) is 6.13. The first-order chi connectivity index (χ1) is 15.5. The summed E-state index contributed by atoms with van der Waals surface area (Å²) in [5.41, 5.74) is 3.52. The summed E-state index contributed by atoms with van der Waals surface area (Å²) in [6.45, 7) is 3.97. The first-order valence-corrected chi connectivity index (χ1v) is 12.4. The van der Waals surface area contributed by atoms with Crippen molar-refractivity contribution in [1.82, 2.24) is 9.80 Å². The molecular formula is C26H28N2O2S2. The predicted molar refractivity (Wildman–Crippen MR) is 135 cm³/mol. The minimum atomic E-state index is -0.102. The number of thioether (sulfide) groups is 1. The largest absolute Gasteiger partial charge is 0.343 e. The second kappa shape index (κ2) is 10.5. The zero-order valence-corrected chi connectivity index (χ0v) is 20.0. The van der Waals surface area contributed by atoms with Gasteiger partial charge in [-0.3, -0.25) is 14.5 Å². The Morgan fingerprint density at radius 3 is 2.47 bits per heavy atom. The molecule has 4 nitrogen and oxygen atoms in total. The van der Waals surface area contributed by atoms with Crippen LogP contribution in [-0.2, 0) is 16.0 Å². The number of hydrogen-bond acceptors (Lipinski definition) is 4. The molecule has 0 aromatic heterocycles. The van der Waals surface area contributed by atoms with Crippen LogP contribution in [0.5, 0.6) is 0 Å². The maximum Gasteiger partial charge on any atom is 0.266 e. The number of likely N-dealkylation sites (tertiary alicyclic amines) is 1. The van der Waals surface area contributed by atoms with Crippen LogP contribution in [0.3, 0.4) is 0 Å². The first-order valence-electron chi connectivity index (χ1n) is 11.1. The second-order valence-corrected chi connectivity index (χ2v) is 10.2.